The Hall–Kier alpha value is -2.08. The van der Waals surface area contributed by atoms with E-state index in [9.17, 15) is 0 Å². The third-order valence-corrected chi connectivity index (χ3v) is 4.57. The van der Waals surface area contributed by atoms with Crippen LogP contribution in [0.5, 0.6) is 5.75 Å². The van der Waals surface area contributed by atoms with Crippen LogP contribution in [0.3, 0.4) is 0 Å². The Bertz CT molecular complexity index is 697. The van der Waals surface area contributed by atoms with Crippen LogP contribution in [0.1, 0.15) is 36.2 Å². The van der Waals surface area contributed by atoms with Gasteiger partial charge in [0.2, 0.25) is 0 Å². The van der Waals surface area contributed by atoms with Crippen LogP contribution in [0.4, 0.5) is 0 Å². The maximum atomic E-state index is 5.92. The second-order valence-electron chi connectivity index (χ2n) is 6.55. The van der Waals surface area contributed by atoms with Crippen LogP contribution in [0.15, 0.2) is 35.5 Å². The lowest BCUT2D eigenvalue weighted by Gasteiger charge is -2.13. The Balaban J connectivity index is 1.93. The zero-order valence-electron chi connectivity index (χ0n) is 16.2. The maximum absolute atomic E-state index is 5.92. The number of nitrogens with zero attached hydrogens (tertiary/aromatic N) is 2. The van der Waals surface area contributed by atoms with Gasteiger partial charge < -0.3 is 15.4 Å². The SMILES string of the molecule is CCNC(=NCc1ccccc1OCC(C)C)NCCc1ncc(C)s1. The Morgan fingerprint density at radius 1 is 1.27 bits per heavy atom. The van der Waals surface area contributed by atoms with Crippen molar-refractivity contribution >= 4 is 17.3 Å². The molecule has 0 saturated carbocycles. The third-order valence-electron chi connectivity index (χ3n) is 3.60. The van der Waals surface area contributed by atoms with Crippen LogP contribution in [0.2, 0.25) is 0 Å². The van der Waals surface area contributed by atoms with Gasteiger partial charge in [0, 0.05) is 36.1 Å². The van der Waals surface area contributed by atoms with Gasteiger partial charge in [-0.2, -0.15) is 0 Å². The summed E-state index contributed by atoms with van der Waals surface area (Å²) < 4.78 is 5.92. The zero-order valence-corrected chi connectivity index (χ0v) is 17.0. The number of aromatic nitrogens is 1. The van der Waals surface area contributed by atoms with Crippen LogP contribution in [-0.2, 0) is 13.0 Å². The molecule has 26 heavy (non-hydrogen) atoms. The molecular weight excluding hydrogens is 344 g/mol. The van der Waals surface area contributed by atoms with E-state index < -0.39 is 0 Å². The Morgan fingerprint density at radius 3 is 2.77 bits per heavy atom. The minimum atomic E-state index is 0.500. The molecule has 1 aromatic carbocycles. The predicted molar refractivity (Wildman–Crippen MR) is 110 cm³/mol. The number of benzene rings is 1. The van der Waals surface area contributed by atoms with Crippen LogP contribution in [-0.4, -0.2) is 30.6 Å². The van der Waals surface area contributed by atoms with E-state index in [2.05, 4.69) is 49.4 Å². The number of aryl methyl sites for hydroxylation is 1. The monoisotopic (exact) mass is 374 g/mol. The summed E-state index contributed by atoms with van der Waals surface area (Å²) in [6.07, 6.45) is 2.82. The summed E-state index contributed by atoms with van der Waals surface area (Å²) in [5, 5.41) is 7.83. The number of para-hydroxylation sites is 1. The second kappa shape index (κ2) is 10.8. The van der Waals surface area contributed by atoms with Crippen molar-refractivity contribution in [3.63, 3.8) is 0 Å². The molecule has 5 nitrogen and oxygen atoms in total. The molecule has 0 spiro atoms. The summed E-state index contributed by atoms with van der Waals surface area (Å²) in [5.74, 6) is 2.23. The van der Waals surface area contributed by atoms with Gasteiger partial charge in [0.15, 0.2) is 5.96 Å². The number of guanidine groups is 1. The lowest BCUT2D eigenvalue weighted by atomic mass is 10.2. The largest absolute Gasteiger partial charge is 0.493 e. The van der Waals surface area contributed by atoms with Crippen LogP contribution in [0, 0.1) is 12.8 Å². The van der Waals surface area contributed by atoms with Gasteiger partial charge in [0.05, 0.1) is 18.2 Å². The molecule has 0 bridgehead atoms. The Morgan fingerprint density at radius 2 is 2.08 bits per heavy atom. The smallest absolute Gasteiger partial charge is 0.191 e. The van der Waals surface area contributed by atoms with Gasteiger partial charge in [-0.1, -0.05) is 32.0 Å². The molecule has 6 heteroatoms. The number of thiazole rings is 1. The summed E-state index contributed by atoms with van der Waals surface area (Å²) in [6, 6.07) is 8.11. The van der Waals surface area contributed by atoms with Crippen LogP contribution < -0.4 is 15.4 Å². The van der Waals surface area contributed by atoms with Gasteiger partial charge in [0.1, 0.15) is 5.75 Å². The molecule has 0 radical (unpaired) electrons. The number of hydrogen-bond donors (Lipinski definition) is 2. The summed E-state index contributed by atoms with van der Waals surface area (Å²) >= 11 is 1.74. The molecule has 0 fully saturated rings. The molecule has 2 N–H and O–H groups in total. The fourth-order valence-corrected chi connectivity index (χ4v) is 3.13. The minimum Gasteiger partial charge on any atom is -0.493 e. The molecule has 0 unspecified atom stereocenters. The number of aliphatic imine (C=N–C) groups is 1. The van der Waals surface area contributed by atoms with Crippen LogP contribution >= 0.6 is 11.3 Å². The fraction of sp³-hybridized carbons (Fsp3) is 0.500. The maximum Gasteiger partial charge on any atom is 0.191 e. The van der Waals surface area contributed by atoms with Crippen molar-refractivity contribution < 1.29 is 4.74 Å². The highest BCUT2D eigenvalue weighted by Gasteiger charge is 2.05. The lowest BCUT2D eigenvalue weighted by Crippen LogP contribution is -2.38. The standard InChI is InChI=1S/C20H30N4OS/c1-5-21-20(22-11-10-19-23-12-16(4)26-19)24-13-17-8-6-7-9-18(17)25-14-15(2)3/h6-9,12,15H,5,10-11,13-14H2,1-4H3,(H2,21,22,24). The van der Waals surface area contributed by atoms with E-state index in [4.69, 9.17) is 9.73 Å². The number of hydrogen-bond acceptors (Lipinski definition) is 4. The van der Waals surface area contributed by atoms with Crippen molar-refractivity contribution in [1.82, 2.24) is 15.6 Å². The normalized spacial score (nSPS) is 11.7. The molecule has 1 aromatic heterocycles. The Kier molecular flexibility index (Phi) is 8.41. The Labute approximate surface area is 160 Å². The highest BCUT2D eigenvalue weighted by molar-refractivity contribution is 7.11. The summed E-state index contributed by atoms with van der Waals surface area (Å²) in [7, 11) is 0. The molecule has 0 aliphatic carbocycles. The molecule has 142 valence electrons. The molecule has 1 heterocycles. The van der Waals surface area contributed by atoms with E-state index in [-0.39, 0.29) is 0 Å². The molecule has 0 atom stereocenters. The molecule has 2 aromatic rings. The topological polar surface area (TPSA) is 58.5 Å². The van der Waals surface area contributed by atoms with Gasteiger partial charge in [-0.15, -0.1) is 11.3 Å². The van der Waals surface area contributed by atoms with Gasteiger partial charge in [-0.05, 0) is 25.8 Å². The molecule has 2 rings (SSSR count). The number of rotatable bonds is 9. The van der Waals surface area contributed by atoms with Crippen molar-refractivity contribution in [3.05, 3.63) is 45.9 Å². The number of nitrogens with one attached hydrogen (secondary N) is 2. The van der Waals surface area contributed by atoms with Crippen molar-refractivity contribution in [2.75, 3.05) is 19.7 Å². The van der Waals surface area contributed by atoms with Gasteiger partial charge in [-0.3, -0.25) is 0 Å². The summed E-state index contributed by atoms with van der Waals surface area (Å²) in [4.78, 5) is 10.4. The van der Waals surface area contributed by atoms with E-state index in [1.165, 1.54) is 4.88 Å². The van der Waals surface area contributed by atoms with E-state index in [0.717, 1.165) is 41.8 Å². The van der Waals surface area contributed by atoms with Gasteiger partial charge in [-0.25, -0.2) is 9.98 Å². The highest BCUT2D eigenvalue weighted by Crippen LogP contribution is 2.19. The highest BCUT2D eigenvalue weighted by atomic mass is 32.1. The quantitative estimate of drug-likeness (QED) is 0.518. The van der Waals surface area contributed by atoms with Crippen molar-refractivity contribution in [3.8, 4) is 5.75 Å². The molecule has 0 aliphatic rings. The number of ether oxygens (including phenoxy) is 1. The average molecular weight is 375 g/mol. The summed E-state index contributed by atoms with van der Waals surface area (Å²) in [6.45, 7) is 11.4. The van der Waals surface area contributed by atoms with E-state index in [1.54, 1.807) is 11.3 Å². The first-order chi connectivity index (χ1) is 12.6. The predicted octanol–water partition coefficient (Wildman–Crippen LogP) is 3.78. The second-order valence-corrected chi connectivity index (χ2v) is 7.87. The fourth-order valence-electron chi connectivity index (χ4n) is 2.34. The van der Waals surface area contributed by atoms with Crippen molar-refractivity contribution in [2.45, 2.75) is 40.7 Å². The van der Waals surface area contributed by atoms with E-state index >= 15 is 0 Å². The molecule has 0 aliphatic heterocycles. The van der Waals surface area contributed by atoms with Gasteiger partial charge in [0.25, 0.3) is 0 Å². The van der Waals surface area contributed by atoms with Crippen molar-refractivity contribution in [2.24, 2.45) is 10.9 Å². The van der Waals surface area contributed by atoms with Crippen molar-refractivity contribution in [1.29, 1.82) is 0 Å². The average Bonchev–Trinajstić information content (AvgIpc) is 3.03. The molecule has 0 amide bonds. The van der Waals surface area contributed by atoms with E-state index in [1.807, 2.05) is 24.4 Å². The summed E-state index contributed by atoms with van der Waals surface area (Å²) in [5.41, 5.74) is 1.10. The van der Waals surface area contributed by atoms with Crippen LogP contribution in [0.25, 0.3) is 0 Å². The first-order valence-electron chi connectivity index (χ1n) is 9.22. The minimum absolute atomic E-state index is 0.500. The molecule has 0 saturated heterocycles. The first-order valence-corrected chi connectivity index (χ1v) is 10.0. The van der Waals surface area contributed by atoms with Gasteiger partial charge >= 0.3 is 0 Å². The third kappa shape index (κ3) is 7.04. The molecular formula is C20H30N4OS. The van der Waals surface area contributed by atoms with E-state index in [0.29, 0.717) is 19.1 Å². The zero-order chi connectivity index (χ0) is 18.8. The first kappa shape index (κ1) is 20.2. The lowest BCUT2D eigenvalue weighted by molar-refractivity contribution is 0.268.